The lowest BCUT2D eigenvalue weighted by atomic mass is 9.82. The highest BCUT2D eigenvalue weighted by Gasteiger charge is 2.34. The zero-order chi connectivity index (χ0) is 9.97. The van der Waals surface area contributed by atoms with Gasteiger partial charge < -0.3 is 4.74 Å². The Morgan fingerprint density at radius 2 is 2.07 bits per heavy atom. The van der Waals surface area contributed by atoms with Crippen molar-refractivity contribution in [2.75, 3.05) is 19.7 Å². The molecule has 3 fully saturated rings. The molecule has 1 unspecified atom stereocenters. The van der Waals surface area contributed by atoms with Crippen molar-refractivity contribution in [3.8, 4) is 0 Å². The molecule has 3 heterocycles. The number of ether oxygens (including phenoxy) is 1. The Morgan fingerprint density at radius 1 is 1.40 bits per heavy atom. The van der Waals surface area contributed by atoms with Crippen LogP contribution in [0, 0.1) is 5.92 Å². The number of carbonyl (C=O) groups is 1. The molecule has 3 aliphatic heterocycles. The predicted octanol–water partition coefficient (Wildman–Crippen LogP) is 1.85. The van der Waals surface area contributed by atoms with E-state index in [0.717, 1.165) is 5.92 Å². The van der Waals surface area contributed by atoms with Gasteiger partial charge in [-0.1, -0.05) is 0 Å². The quantitative estimate of drug-likeness (QED) is 0.697. The highest BCUT2D eigenvalue weighted by molar-refractivity contribution is 5.85. The van der Waals surface area contributed by atoms with Gasteiger partial charge in [-0.05, 0) is 45.2 Å². The molecule has 3 saturated heterocycles. The molecule has 0 aromatic rings. The minimum Gasteiger partial charge on any atom is -0.466 e. The first kappa shape index (κ1) is 12.8. The number of carbonyl (C=O) groups excluding carboxylic acids is 1. The first-order valence-electron chi connectivity index (χ1n) is 5.69. The van der Waals surface area contributed by atoms with Crippen molar-refractivity contribution in [3.05, 3.63) is 0 Å². The zero-order valence-corrected chi connectivity index (χ0v) is 10.1. The van der Waals surface area contributed by atoms with Crippen LogP contribution in [-0.2, 0) is 9.53 Å². The van der Waals surface area contributed by atoms with Crippen LogP contribution >= 0.6 is 12.4 Å². The molecule has 1 atom stereocenters. The summed E-state index contributed by atoms with van der Waals surface area (Å²) in [6, 6.07) is 0.474. The topological polar surface area (TPSA) is 29.5 Å². The Labute approximate surface area is 97.6 Å². The Bertz CT molecular complexity index is 215. The molecule has 0 saturated carbocycles. The number of halogens is 1. The van der Waals surface area contributed by atoms with Crippen LogP contribution in [0.3, 0.4) is 0 Å². The lowest BCUT2D eigenvalue weighted by Crippen LogP contribution is -2.49. The zero-order valence-electron chi connectivity index (χ0n) is 9.28. The summed E-state index contributed by atoms with van der Waals surface area (Å²) in [6.45, 7) is 4.75. The predicted molar refractivity (Wildman–Crippen MR) is 61.2 cm³/mol. The van der Waals surface area contributed by atoms with Crippen LogP contribution in [0.2, 0.25) is 0 Å². The maximum atomic E-state index is 11.3. The molecule has 0 aromatic heterocycles. The van der Waals surface area contributed by atoms with Gasteiger partial charge in [-0.2, -0.15) is 0 Å². The van der Waals surface area contributed by atoms with Crippen LogP contribution in [0.15, 0.2) is 0 Å². The van der Waals surface area contributed by atoms with Gasteiger partial charge in [0.1, 0.15) is 0 Å². The van der Waals surface area contributed by atoms with Gasteiger partial charge in [-0.25, -0.2) is 0 Å². The van der Waals surface area contributed by atoms with Gasteiger partial charge in [0.25, 0.3) is 0 Å². The molecular formula is C11H20ClNO2. The number of hydrogen-bond acceptors (Lipinski definition) is 3. The summed E-state index contributed by atoms with van der Waals surface area (Å²) in [4.78, 5) is 13.8. The molecule has 0 amide bonds. The third-order valence-corrected chi connectivity index (χ3v) is 3.48. The van der Waals surface area contributed by atoms with E-state index < -0.39 is 0 Å². The minimum absolute atomic E-state index is 0. The number of fused-ring (bicyclic) bond motifs is 3. The molecule has 0 spiro atoms. The molecule has 88 valence electrons. The normalized spacial score (nSPS) is 33.3. The fourth-order valence-electron chi connectivity index (χ4n) is 2.71. The second-order valence-corrected chi connectivity index (χ2v) is 4.38. The number of nitrogens with zero attached hydrogens (tertiary/aromatic N) is 1. The van der Waals surface area contributed by atoms with Gasteiger partial charge >= 0.3 is 5.97 Å². The molecule has 0 radical (unpaired) electrons. The van der Waals surface area contributed by atoms with Crippen molar-refractivity contribution in [2.24, 2.45) is 5.92 Å². The van der Waals surface area contributed by atoms with Crippen LogP contribution in [0.25, 0.3) is 0 Å². The van der Waals surface area contributed by atoms with Crippen molar-refractivity contribution in [1.29, 1.82) is 0 Å². The summed E-state index contributed by atoms with van der Waals surface area (Å²) in [5, 5.41) is 0. The summed E-state index contributed by atoms with van der Waals surface area (Å²) < 4.78 is 4.99. The summed E-state index contributed by atoms with van der Waals surface area (Å²) >= 11 is 0. The van der Waals surface area contributed by atoms with E-state index in [0.29, 0.717) is 19.1 Å². The first-order chi connectivity index (χ1) is 6.79. The van der Waals surface area contributed by atoms with Crippen LogP contribution in [0.1, 0.15) is 32.6 Å². The monoisotopic (exact) mass is 233 g/mol. The van der Waals surface area contributed by atoms with Crippen molar-refractivity contribution >= 4 is 18.4 Å². The number of esters is 1. The Morgan fingerprint density at radius 3 is 2.53 bits per heavy atom. The largest absolute Gasteiger partial charge is 0.466 e. The molecule has 0 aromatic carbocycles. The van der Waals surface area contributed by atoms with E-state index in [1.54, 1.807) is 0 Å². The fourth-order valence-corrected chi connectivity index (χ4v) is 2.71. The van der Waals surface area contributed by atoms with Crippen LogP contribution < -0.4 is 0 Å². The molecular weight excluding hydrogens is 214 g/mol. The van der Waals surface area contributed by atoms with Crippen molar-refractivity contribution < 1.29 is 9.53 Å². The van der Waals surface area contributed by atoms with Crippen molar-refractivity contribution in [2.45, 2.75) is 38.6 Å². The molecule has 3 aliphatic rings. The molecule has 0 N–H and O–H groups in total. The average molecular weight is 234 g/mol. The Kier molecular flexibility index (Phi) is 4.87. The summed E-state index contributed by atoms with van der Waals surface area (Å²) in [5.74, 6) is 0.851. The smallest absolute Gasteiger partial charge is 0.307 e. The molecule has 3 nitrogen and oxygen atoms in total. The third kappa shape index (κ3) is 3.08. The second-order valence-electron chi connectivity index (χ2n) is 4.38. The second kappa shape index (κ2) is 5.71. The molecule has 3 rings (SSSR count). The molecule has 2 bridgehead atoms. The highest BCUT2D eigenvalue weighted by atomic mass is 35.5. The average Bonchev–Trinajstić information content (AvgIpc) is 2.19. The van der Waals surface area contributed by atoms with Crippen LogP contribution in [0.4, 0.5) is 0 Å². The summed E-state index contributed by atoms with van der Waals surface area (Å²) in [6.07, 6.45) is 4.47. The summed E-state index contributed by atoms with van der Waals surface area (Å²) in [5.41, 5.74) is 0. The van der Waals surface area contributed by atoms with E-state index in [1.165, 1.54) is 32.4 Å². The van der Waals surface area contributed by atoms with Gasteiger partial charge in [-0.3, -0.25) is 9.69 Å². The van der Waals surface area contributed by atoms with Crippen molar-refractivity contribution in [1.82, 2.24) is 4.90 Å². The molecule has 15 heavy (non-hydrogen) atoms. The van der Waals surface area contributed by atoms with E-state index in [4.69, 9.17) is 4.74 Å². The fraction of sp³-hybridized carbons (Fsp3) is 0.909. The van der Waals surface area contributed by atoms with E-state index in [1.807, 2.05) is 6.92 Å². The standard InChI is InChI=1S/C11H19NO2.ClH/c1-2-14-11(13)8-10-7-9-3-5-12(10)6-4-9;/h9-10H,2-8H2,1H3;1H. The summed E-state index contributed by atoms with van der Waals surface area (Å²) in [7, 11) is 0. The number of rotatable bonds is 3. The van der Waals surface area contributed by atoms with E-state index >= 15 is 0 Å². The van der Waals surface area contributed by atoms with Gasteiger partial charge in [-0.15, -0.1) is 12.4 Å². The minimum atomic E-state index is -0.0231. The first-order valence-corrected chi connectivity index (χ1v) is 5.69. The van der Waals surface area contributed by atoms with Crippen LogP contribution in [0.5, 0.6) is 0 Å². The van der Waals surface area contributed by atoms with E-state index in [-0.39, 0.29) is 18.4 Å². The van der Waals surface area contributed by atoms with Crippen LogP contribution in [-0.4, -0.2) is 36.6 Å². The highest BCUT2D eigenvalue weighted by Crippen LogP contribution is 2.33. The van der Waals surface area contributed by atoms with E-state index in [2.05, 4.69) is 4.90 Å². The molecule has 0 aliphatic carbocycles. The lowest BCUT2D eigenvalue weighted by molar-refractivity contribution is -0.145. The van der Waals surface area contributed by atoms with E-state index in [9.17, 15) is 4.79 Å². The molecule has 4 heteroatoms. The SMILES string of the molecule is CCOC(=O)CC1CC2CCN1CC2.Cl. The Balaban J connectivity index is 0.00000112. The lowest BCUT2D eigenvalue weighted by Gasteiger charge is -2.45. The maximum Gasteiger partial charge on any atom is 0.307 e. The number of hydrogen-bond donors (Lipinski definition) is 0. The van der Waals surface area contributed by atoms with Gasteiger partial charge in [0.15, 0.2) is 0 Å². The van der Waals surface area contributed by atoms with Gasteiger partial charge in [0.2, 0.25) is 0 Å². The number of piperidine rings is 3. The van der Waals surface area contributed by atoms with Gasteiger partial charge in [0, 0.05) is 6.04 Å². The van der Waals surface area contributed by atoms with Crippen molar-refractivity contribution in [3.63, 3.8) is 0 Å². The maximum absolute atomic E-state index is 11.3. The Hall–Kier alpha value is -0.280. The third-order valence-electron chi connectivity index (χ3n) is 3.48. The van der Waals surface area contributed by atoms with Gasteiger partial charge in [0.05, 0.1) is 13.0 Å².